The number of aromatic nitrogens is 1. The maximum atomic E-state index is 13.3. The van der Waals surface area contributed by atoms with E-state index in [0.717, 1.165) is 6.07 Å². The van der Waals surface area contributed by atoms with E-state index in [1.165, 1.54) is 6.07 Å². The minimum atomic E-state index is -4.30. The van der Waals surface area contributed by atoms with Crippen LogP contribution in [0, 0.1) is 12.7 Å². The molecule has 0 saturated carbocycles. The second-order valence-electron chi connectivity index (χ2n) is 3.83. The number of hydrogen-bond donors (Lipinski definition) is 1. The van der Waals surface area contributed by atoms with Crippen LogP contribution < -0.4 is 0 Å². The van der Waals surface area contributed by atoms with Crippen molar-refractivity contribution < 1.29 is 17.6 Å². The van der Waals surface area contributed by atoms with Crippen molar-refractivity contribution in [3.63, 3.8) is 0 Å². The summed E-state index contributed by atoms with van der Waals surface area (Å²) in [4.78, 5) is 2.82. The molecule has 0 fully saturated rings. The molecule has 1 nitrogen and oxygen atoms in total. The van der Waals surface area contributed by atoms with Crippen LogP contribution in [0.25, 0.3) is 10.9 Å². The summed E-state index contributed by atoms with van der Waals surface area (Å²) < 4.78 is 50.7. The summed E-state index contributed by atoms with van der Waals surface area (Å²) in [5.41, 5.74) is 1.00. The lowest BCUT2D eigenvalue weighted by Gasteiger charge is -2.06. The number of benzene rings is 1. The van der Waals surface area contributed by atoms with Crippen molar-refractivity contribution in [2.75, 3.05) is 0 Å². The summed E-state index contributed by atoms with van der Waals surface area (Å²) in [5.74, 6) is -0.570. The fraction of sp³-hybridized carbons (Fsp3) is 0.273. The van der Waals surface area contributed by atoms with Crippen molar-refractivity contribution in [1.29, 1.82) is 0 Å². The summed E-state index contributed by atoms with van der Waals surface area (Å²) in [6, 6.07) is 2.56. The van der Waals surface area contributed by atoms with Crippen LogP contribution in [0.5, 0.6) is 0 Å². The molecule has 0 atom stereocenters. The smallest absolute Gasteiger partial charge is 0.358 e. The second kappa shape index (κ2) is 4.01. The third-order valence-electron chi connectivity index (χ3n) is 2.54. The van der Waals surface area contributed by atoms with Crippen LogP contribution in [-0.2, 0) is 6.42 Å². The van der Waals surface area contributed by atoms with Gasteiger partial charge in [-0.25, -0.2) is 4.39 Å². The van der Waals surface area contributed by atoms with Gasteiger partial charge in [0, 0.05) is 16.6 Å². The number of alkyl halides is 3. The highest BCUT2D eigenvalue weighted by molar-refractivity contribution is 9.10. The molecule has 0 aliphatic carbocycles. The molecule has 0 bridgehead atoms. The Kier molecular flexibility index (Phi) is 2.93. The van der Waals surface area contributed by atoms with E-state index >= 15 is 0 Å². The van der Waals surface area contributed by atoms with E-state index < -0.39 is 18.4 Å². The number of halogens is 5. The predicted molar refractivity (Wildman–Crippen MR) is 60.5 cm³/mol. The fourth-order valence-corrected chi connectivity index (χ4v) is 2.15. The molecule has 0 saturated heterocycles. The molecule has 0 unspecified atom stereocenters. The SMILES string of the molecule is Cc1[nH]c2cc(Br)c(F)cc2c1CC(F)(F)F. The molecule has 1 aromatic carbocycles. The molecule has 1 heterocycles. The molecule has 0 radical (unpaired) electrons. The summed E-state index contributed by atoms with van der Waals surface area (Å²) >= 11 is 2.99. The molecule has 92 valence electrons. The van der Waals surface area contributed by atoms with Gasteiger partial charge in [0.25, 0.3) is 0 Å². The van der Waals surface area contributed by atoms with Crippen LogP contribution in [0.2, 0.25) is 0 Å². The van der Waals surface area contributed by atoms with Gasteiger partial charge in [-0.3, -0.25) is 0 Å². The van der Waals surface area contributed by atoms with Crippen molar-refractivity contribution in [2.45, 2.75) is 19.5 Å². The van der Waals surface area contributed by atoms with Gasteiger partial charge in [-0.15, -0.1) is 0 Å². The molecule has 6 heteroatoms. The van der Waals surface area contributed by atoms with Gasteiger partial charge in [0.2, 0.25) is 0 Å². The highest BCUT2D eigenvalue weighted by Gasteiger charge is 2.30. The minimum absolute atomic E-state index is 0.0962. The molecule has 2 aromatic rings. The van der Waals surface area contributed by atoms with Crippen LogP contribution in [0.3, 0.4) is 0 Å². The zero-order chi connectivity index (χ0) is 12.8. The summed E-state index contributed by atoms with van der Waals surface area (Å²) in [6.07, 6.45) is -5.36. The number of aromatic amines is 1. The van der Waals surface area contributed by atoms with E-state index in [-0.39, 0.29) is 15.4 Å². The number of aryl methyl sites for hydroxylation is 1. The summed E-state index contributed by atoms with van der Waals surface area (Å²) in [5, 5.41) is 0.278. The van der Waals surface area contributed by atoms with Crippen molar-refractivity contribution in [2.24, 2.45) is 0 Å². The van der Waals surface area contributed by atoms with Gasteiger partial charge in [-0.2, -0.15) is 13.2 Å². The van der Waals surface area contributed by atoms with E-state index in [1.807, 2.05) is 0 Å². The number of rotatable bonds is 1. The van der Waals surface area contributed by atoms with Gasteiger partial charge in [0.05, 0.1) is 10.9 Å². The predicted octanol–water partition coefficient (Wildman–Crippen LogP) is 4.48. The minimum Gasteiger partial charge on any atom is -0.358 e. The Morgan fingerprint density at radius 3 is 2.53 bits per heavy atom. The van der Waals surface area contributed by atoms with Crippen LogP contribution in [0.1, 0.15) is 11.3 Å². The average molecular weight is 310 g/mol. The normalized spacial score (nSPS) is 12.4. The summed E-state index contributed by atoms with van der Waals surface area (Å²) in [6.45, 7) is 1.55. The van der Waals surface area contributed by atoms with Crippen LogP contribution in [0.15, 0.2) is 16.6 Å². The van der Waals surface area contributed by atoms with Crippen molar-refractivity contribution in [3.8, 4) is 0 Å². The number of nitrogens with one attached hydrogen (secondary N) is 1. The van der Waals surface area contributed by atoms with E-state index in [4.69, 9.17) is 0 Å². The zero-order valence-electron chi connectivity index (χ0n) is 8.75. The fourth-order valence-electron chi connectivity index (χ4n) is 1.81. The van der Waals surface area contributed by atoms with Crippen molar-refractivity contribution in [1.82, 2.24) is 4.98 Å². The number of hydrogen-bond acceptors (Lipinski definition) is 0. The molecule has 0 aliphatic heterocycles. The van der Waals surface area contributed by atoms with Crippen LogP contribution in [0.4, 0.5) is 17.6 Å². The van der Waals surface area contributed by atoms with Crippen LogP contribution in [-0.4, -0.2) is 11.2 Å². The highest BCUT2D eigenvalue weighted by atomic mass is 79.9. The topological polar surface area (TPSA) is 15.8 Å². The van der Waals surface area contributed by atoms with Crippen LogP contribution >= 0.6 is 15.9 Å². The highest BCUT2D eigenvalue weighted by Crippen LogP contribution is 2.31. The Morgan fingerprint density at radius 1 is 1.29 bits per heavy atom. The molecule has 2 rings (SSSR count). The molecule has 1 N–H and O–H groups in total. The van der Waals surface area contributed by atoms with E-state index in [1.54, 1.807) is 6.92 Å². The van der Waals surface area contributed by atoms with E-state index in [9.17, 15) is 17.6 Å². The largest absolute Gasteiger partial charge is 0.393 e. The van der Waals surface area contributed by atoms with Gasteiger partial charge in [0.1, 0.15) is 5.82 Å². The lowest BCUT2D eigenvalue weighted by molar-refractivity contribution is -0.127. The third-order valence-corrected chi connectivity index (χ3v) is 3.15. The molecule has 0 aliphatic rings. The molecule has 0 spiro atoms. The Bertz CT molecular complexity index is 571. The maximum Gasteiger partial charge on any atom is 0.393 e. The Morgan fingerprint density at radius 2 is 1.94 bits per heavy atom. The molecular formula is C11H8BrF4N. The van der Waals surface area contributed by atoms with Gasteiger partial charge >= 0.3 is 6.18 Å². The molecule has 1 aromatic heterocycles. The number of H-pyrrole nitrogens is 1. The Balaban J connectivity index is 2.63. The first-order valence-corrected chi connectivity index (χ1v) is 5.60. The van der Waals surface area contributed by atoms with Gasteiger partial charge in [-0.1, -0.05) is 0 Å². The second-order valence-corrected chi connectivity index (χ2v) is 4.69. The standard InChI is InChI=1S/C11H8BrF4N/c1-5-7(4-11(14,15)16)6-2-9(13)8(12)3-10(6)17-5/h2-3,17H,4H2,1H3. The van der Waals surface area contributed by atoms with E-state index in [2.05, 4.69) is 20.9 Å². The molecule has 0 amide bonds. The monoisotopic (exact) mass is 309 g/mol. The first-order chi connectivity index (χ1) is 7.78. The Labute approximate surface area is 103 Å². The number of fused-ring (bicyclic) bond motifs is 1. The quantitative estimate of drug-likeness (QED) is 0.747. The third kappa shape index (κ3) is 2.46. The molecule has 17 heavy (non-hydrogen) atoms. The van der Waals surface area contributed by atoms with Gasteiger partial charge < -0.3 is 4.98 Å². The zero-order valence-corrected chi connectivity index (χ0v) is 10.3. The lowest BCUT2D eigenvalue weighted by Crippen LogP contribution is -2.12. The summed E-state index contributed by atoms with van der Waals surface area (Å²) in [7, 11) is 0. The Hall–Kier alpha value is -1.04. The molecular weight excluding hydrogens is 302 g/mol. The maximum absolute atomic E-state index is 13.3. The van der Waals surface area contributed by atoms with Gasteiger partial charge in [0.15, 0.2) is 0 Å². The van der Waals surface area contributed by atoms with Gasteiger partial charge in [-0.05, 0) is 40.5 Å². The van der Waals surface area contributed by atoms with Crippen molar-refractivity contribution in [3.05, 3.63) is 33.7 Å². The first-order valence-electron chi connectivity index (χ1n) is 4.81. The van der Waals surface area contributed by atoms with Crippen molar-refractivity contribution >= 4 is 26.8 Å². The first kappa shape index (κ1) is 12.4. The lowest BCUT2D eigenvalue weighted by atomic mass is 10.1. The van der Waals surface area contributed by atoms with E-state index in [0.29, 0.717) is 11.2 Å². The average Bonchev–Trinajstić information content (AvgIpc) is 2.43.